The quantitative estimate of drug-likeness (QED) is 0.494. The number of ether oxygens (including phenoxy) is 2. The fraction of sp³-hybridized carbons (Fsp3) is 0.200. The molecule has 0 heterocycles. The molecule has 92 valence electrons. The molecule has 0 fully saturated rings. The summed E-state index contributed by atoms with van der Waals surface area (Å²) in [6.07, 6.45) is 1.48. The van der Waals surface area contributed by atoms with E-state index < -0.39 is 0 Å². The second-order valence-corrected chi connectivity index (χ2v) is 3.92. The Morgan fingerprint density at radius 1 is 1.29 bits per heavy atom. The molecule has 0 bridgehead atoms. The highest BCUT2D eigenvalue weighted by molar-refractivity contribution is 9.10. The van der Waals surface area contributed by atoms with E-state index in [0.717, 1.165) is 4.47 Å². The Hall–Kier alpha value is -1.76. The van der Waals surface area contributed by atoms with Gasteiger partial charge in [0.15, 0.2) is 11.5 Å². The first-order valence-corrected chi connectivity index (χ1v) is 5.41. The second kappa shape index (κ2) is 6.09. The van der Waals surface area contributed by atoms with Crippen molar-refractivity contribution in [2.45, 2.75) is 0 Å². The molecule has 0 spiro atoms. The van der Waals surface area contributed by atoms with Crippen molar-refractivity contribution in [1.82, 2.24) is 0 Å². The van der Waals surface area contributed by atoms with Crippen LogP contribution in [0.4, 0.5) is 0 Å². The molecule has 0 aliphatic heterocycles. The van der Waals surface area contributed by atoms with E-state index in [-0.39, 0.29) is 5.96 Å². The number of hydrogen-bond acceptors (Lipinski definition) is 4. The Bertz CT molecular complexity index is 456. The lowest BCUT2D eigenvalue weighted by Crippen LogP contribution is -2.21. The zero-order valence-electron chi connectivity index (χ0n) is 9.48. The van der Waals surface area contributed by atoms with Crippen LogP contribution in [0.1, 0.15) is 5.56 Å². The number of methoxy groups -OCH3 is 2. The molecule has 1 aromatic carbocycles. The average molecular weight is 301 g/mol. The van der Waals surface area contributed by atoms with E-state index in [0.29, 0.717) is 17.1 Å². The van der Waals surface area contributed by atoms with Crippen molar-refractivity contribution >= 4 is 28.1 Å². The average Bonchev–Trinajstić information content (AvgIpc) is 2.27. The van der Waals surface area contributed by atoms with Gasteiger partial charge in [0.2, 0.25) is 5.96 Å². The van der Waals surface area contributed by atoms with E-state index in [1.807, 2.05) is 6.07 Å². The molecule has 0 aromatic heterocycles. The maximum absolute atomic E-state index is 5.23. The Balaban J connectivity index is 3.17. The highest BCUT2D eigenvalue weighted by atomic mass is 79.9. The van der Waals surface area contributed by atoms with Crippen LogP contribution in [-0.4, -0.2) is 26.4 Å². The van der Waals surface area contributed by atoms with Crippen LogP contribution in [0.25, 0.3) is 0 Å². The van der Waals surface area contributed by atoms with Crippen molar-refractivity contribution in [1.29, 1.82) is 0 Å². The molecule has 4 N–H and O–H groups in total. The highest BCUT2D eigenvalue weighted by Crippen LogP contribution is 2.33. The zero-order valence-corrected chi connectivity index (χ0v) is 11.1. The number of hydrogen-bond donors (Lipinski definition) is 2. The minimum absolute atomic E-state index is 0.109. The number of halogens is 1. The molecule has 0 saturated heterocycles. The van der Waals surface area contributed by atoms with E-state index in [9.17, 15) is 0 Å². The van der Waals surface area contributed by atoms with Crippen molar-refractivity contribution in [2.75, 3.05) is 14.2 Å². The third kappa shape index (κ3) is 3.63. The normalized spacial score (nSPS) is 10.3. The summed E-state index contributed by atoms with van der Waals surface area (Å²) in [4.78, 5) is 0. The predicted octanol–water partition coefficient (Wildman–Crippen LogP) is 1.07. The maximum Gasteiger partial charge on any atom is 0.211 e. The van der Waals surface area contributed by atoms with Gasteiger partial charge in [0.05, 0.1) is 20.4 Å². The molecular formula is C10H13BrN4O2. The van der Waals surface area contributed by atoms with E-state index in [4.69, 9.17) is 20.9 Å². The fourth-order valence-electron chi connectivity index (χ4n) is 1.21. The van der Waals surface area contributed by atoms with Gasteiger partial charge in [-0.1, -0.05) is 15.9 Å². The first-order valence-electron chi connectivity index (χ1n) is 4.62. The largest absolute Gasteiger partial charge is 0.493 e. The lowest BCUT2D eigenvalue weighted by atomic mass is 10.2. The Morgan fingerprint density at radius 3 is 2.53 bits per heavy atom. The molecular weight excluding hydrogens is 288 g/mol. The van der Waals surface area contributed by atoms with Crippen molar-refractivity contribution < 1.29 is 9.47 Å². The molecule has 17 heavy (non-hydrogen) atoms. The molecule has 0 atom stereocenters. The lowest BCUT2D eigenvalue weighted by Gasteiger charge is -2.10. The Labute approximate surface area is 107 Å². The van der Waals surface area contributed by atoms with Crippen LogP contribution in [-0.2, 0) is 0 Å². The molecule has 0 amide bonds. The van der Waals surface area contributed by atoms with Gasteiger partial charge in [0.1, 0.15) is 0 Å². The fourth-order valence-corrected chi connectivity index (χ4v) is 1.67. The van der Waals surface area contributed by atoms with E-state index in [1.54, 1.807) is 20.3 Å². The molecule has 0 saturated carbocycles. The lowest BCUT2D eigenvalue weighted by molar-refractivity contribution is 0.354. The molecule has 0 aliphatic carbocycles. The number of nitrogens with zero attached hydrogens (tertiary/aromatic N) is 2. The Kier molecular flexibility index (Phi) is 4.77. The monoisotopic (exact) mass is 300 g/mol. The summed E-state index contributed by atoms with van der Waals surface area (Å²) in [6, 6.07) is 3.60. The van der Waals surface area contributed by atoms with Crippen molar-refractivity contribution in [3.05, 3.63) is 22.2 Å². The van der Waals surface area contributed by atoms with Crippen LogP contribution in [0.2, 0.25) is 0 Å². The summed E-state index contributed by atoms with van der Waals surface area (Å²) in [7, 11) is 3.10. The molecule has 0 unspecified atom stereocenters. The summed E-state index contributed by atoms with van der Waals surface area (Å²) in [5, 5.41) is 7.23. The van der Waals surface area contributed by atoms with Crippen molar-refractivity contribution in [3.8, 4) is 11.5 Å². The van der Waals surface area contributed by atoms with Gasteiger partial charge in [-0.05, 0) is 12.1 Å². The van der Waals surface area contributed by atoms with Crippen LogP contribution < -0.4 is 20.9 Å². The summed E-state index contributed by atoms with van der Waals surface area (Å²) >= 11 is 3.36. The van der Waals surface area contributed by atoms with Gasteiger partial charge in [-0.2, -0.15) is 5.10 Å². The van der Waals surface area contributed by atoms with Crippen LogP contribution in [0.3, 0.4) is 0 Å². The van der Waals surface area contributed by atoms with Gasteiger partial charge in [-0.25, -0.2) is 0 Å². The smallest absolute Gasteiger partial charge is 0.211 e. The summed E-state index contributed by atoms with van der Waals surface area (Å²) in [5.41, 5.74) is 11.0. The SMILES string of the molecule is COc1cc(Br)cc(/C=N\N=C(N)N)c1OC. The second-order valence-electron chi connectivity index (χ2n) is 3.00. The van der Waals surface area contributed by atoms with Crippen molar-refractivity contribution in [3.63, 3.8) is 0 Å². The molecule has 7 heteroatoms. The number of nitrogens with two attached hydrogens (primary N) is 2. The summed E-state index contributed by atoms with van der Waals surface area (Å²) in [5.74, 6) is 1.04. The van der Waals surface area contributed by atoms with E-state index in [1.165, 1.54) is 6.21 Å². The first kappa shape index (κ1) is 13.3. The minimum Gasteiger partial charge on any atom is -0.493 e. The van der Waals surface area contributed by atoms with Crippen LogP contribution >= 0.6 is 15.9 Å². The standard InChI is InChI=1S/C10H13BrN4O2/c1-16-8-4-7(11)3-6(9(8)17-2)5-14-15-10(12)13/h3-5H,1-2H3,(H4,12,13,15)/b14-5-. The van der Waals surface area contributed by atoms with Gasteiger partial charge in [0.25, 0.3) is 0 Å². The summed E-state index contributed by atoms with van der Waals surface area (Å²) < 4.78 is 11.2. The van der Waals surface area contributed by atoms with Gasteiger partial charge in [0, 0.05) is 10.0 Å². The molecule has 1 aromatic rings. The third-order valence-electron chi connectivity index (χ3n) is 1.84. The molecule has 0 radical (unpaired) electrons. The van der Waals surface area contributed by atoms with Gasteiger partial charge >= 0.3 is 0 Å². The molecule has 0 aliphatic rings. The molecule has 6 nitrogen and oxygen atoms in total. The number of guanidine groups is 1. The highest BCUT2D eigenvalue weighted by Gasteiger charge is 2.09. The summed E-state index contributed by atoms with van der Waals surface area (Å²) in [6.45, 7) is 0. The van der Waals surface area contributed by atoms with Gasteiger partial charge in [-0.15, -0.1) is 5.10 Å². The van der Waals surface area contributed by atoms with Crippen molar-refractivity contribution in [2.24, 2.45) is 21.7 Å². The van der Waals surface area contributed by atoms with E-state index >= 15 is 0 Å². The zero-order chi connectivity index (χ0) is 12.8. The Morgan fingerprint density at radius 2 is 2.00 bits per heavy atom. The predicted molar refractivity (Wildman–Crippen MR) is 70.6 cm³/mol. The topological polar surface area (TPSA) is 95.2 Å². The minimum atomic E-state index is -0.109. The van der Waals surface area contributed by atoms with E-state index in [2.05, 4.69) is 26.1 Å². The maximum atomic E-state index is 5.23. The van der Waals surface area contributed by atoms with Crippen LogP contribution in [0.15, 0.2) is 26.8 Å². The van der Waals surface area contributed by atoms with Gasteiger partial charge < -0.3 is 20.9 Å². The van der Waals surface area contributed by atoms with Gasteiger partial charge in [-0.3, -0.25) is 0 Å². The third-order valence-corrected chi connectivity index (χ3v) is 2.30. The molecule has 1 rings (SSSR count). The number of benzene rings is 1. The van der Waals surface area contributed by atoms with Crippen LogP contribution in [0, 0.1) is 0 Å². The number of rotatable bonds is 4. The van der Waals surface area contributed by atoms with Crippen LogP contribution in [0.5, 0.6) is 11.5 Å². The first-order chi connectivity index (χ1) is 8.08.